The zero-order chi connectivity index (χ0) is 11.4. The van der Waals surface area contributed by atoms with Crippen LogP contribution >= 0.6 is 0 Å². The van der Waals surface area contributed by atoms with Crippen LogP contribution in [0.5, 0.6) is 0 Å². The van der Waals surface area contributed by atoms with Gasteiger partial charge in [-0.2, -0.15) is 5.10 Å². The van der Waals surface area contributed by atoms with Crippen molar-refractivity contribution in [1.82, 2.24) is 20.5 Å². The lowest BCUT2D eigenvalue weighted by Crippen LogP contribution is -2.11. The lowest BCUT2D eigenvalue weighted by molar-refractivity contribution is 0.621. The minimum atomic E-state index is -0.337. The highest BCUT2D eigenvalue weighted by molar-refractivity contribution is 5.57. The molecule has 0 saturated heterocycles. The van der Waals surface area contributed by atoms with Crippen molar-refractivity contribution in [2.45, 2.75) is 13.5 Å². The molecule has 2 aromatic heterocycles. The monoisotopic (exact) mass is 220 g/mol. The van der Waals surface area contributed by atoms with E-state index in [0.717, 1.165) is 24.3 Å². The molecule has 0 unspecified atom stereocenters. The van der Waals surface area contributed by atoms with Crippen LogP contribution in [0.4, 0.5) is 4.39 Å². The van der Waals surface area contributed by atoms with E-state index in [1.807, 2.05) is 6.92 Å². The molecular formula is C11H13FN4. The Morgan fingerprint density at radius 2 is 2.25 bits per heavy atom. The van der Waals surface area contributed by atoms with Crippen molar-refractivity contribution in [3.8, 4) is 11.4 Å². The summed E-state index contributed by atoms with van der Waals surface area (Å²) in [5.74, 6) is -0.337. The van der Waals surface area contributed by atoms with E-state index in [1.54, 1.807) is 12.3 Å². The molecule has 0 aromatic carbocycles. The van der Waals surface area contributed by atoms with E-state index in [-0.39, 0.29) is 5.82 Å². The predicted molar refractivity (Wildman–Crippen MR) is 59.2 cm³/mol. The average molecular weight is 220 g/mol. The van der Waals surface area contributed by atoms with E-state index in [1.165, 1.54) is 12.3 Å². The summed E-state index contributed by atoms with van der Waals surface area (Å²) in [6, 6.07) is 3.03. The van der Waals surface area contributed by atoms with Crippen molar-refractivity contribution in [2.75, 3.05) is 6.54 Å². The Morgan fingerprint density at radius 3 is 2.94 bits per heavy atom. The quantitative estimate of drug-likeness (QED) is 0.824. The van der Waals surface area contributed by atoms with Gasteiger partial charge in [-0.15, -0.1) is 0 Å². The molecule has 0 bridgehead atoms. The maximum atomic E-state index is 12.7. The van der Waals surface area contributed by atoms with Crippen LogP contribution in [-0.2, 0) is 6.54 Å². The molecule has 16 heavy (non-hydrogen) atoms. The summed E-state index contributed by atoms with van der Waals surface area (Å²) in [4.78, 5) is 4.02. The second-order valence-electron chi connectivity index (χ2n) is 3.41. The van der Waals surface area contributed by atoms with Gasteiger partial charge >= 0.3 is 0 Å². The molecule has 0 aliphatic rings. The highest BCUT2D eigenvalue weighted by atomic mass is 19.1. The number of pyridine rings is 1. The van der Waals surface area contributed by atoms with Crippen molar-refractivity contribution in [3.63, 3.8) is 0 Å². The molecule has 0 fully saturated rings. The third kappa shape index (κ3) is 2.25. The molecule has 0 atom stereocenters. The number of rotatable bonds is 4. The van der Waals surface area contributed by atoms with Gasteiger partial charge in [-0.25, -0.2) is 4.39 Å². The Labute approximate surface area is 92.9 Å². The maximum Gasteiger partial charge on any atom is 0.141 e. The van der Waals surface area contributed by atoms with Crippen LogP contribution in [-0.4, -0.2) is 21.7 Å². The van der Waals surface area contributed by atoms with Crippen molar-refractivity contribution >= 4 is 0 Å². The van der Waals surface area contributed by atoms with Crippen LogP contribution in [0.3, 0.4) is 0 Å². The molecule has 0 aliphatic carbocycles. The van der Waals surface area contributed by atoms with Gasteiger partial charge in [-0.05, 0) is 18.7 Å². The van der Waals surface area contributed by atoms with E-state index in [9.17, 15) is 4.39 Å². The Hall–Kier alpha value is -1.75. The van der Waals surface area contributed by atoms with Crippen molar-refractivity contribution in [3.05, 3.63) is 35.9 Å². The zero-order valence-electron chi connectivity index (χ0n) is 9.00. The second-order valence-corrected chi connectivity index (χ2v) is 3.41. The number of nitrogens with zero attached hydrogens (tertiary/aromatic N) is 2. The number of nitrogens with one attached hydrogen (secondary N) is 2. The number of hydrogen-bond donors (Lipinski definition) is 2. The maximum absolute atomic E-state index is 12.7. The molecule has 0 amide bonds. The van der Waals surface area contributed by atoms with Crippen molar-refractivity contribution < 1.29 is 4.39 Å². The van der Waals surface area contributed by atoms with Gasteiger partial charge in [-0.3, -0.25) is 10.1 Å². The molecule has 0 aliphatic heterocycles. The summed E-state index contributed by atoms with van der Waals surface area (Å²) >= 11 is 0. The molecule has 4 nitrogen and oxygen atoms in total. The molecule has 0 spiro atoms. The Morgan fingerprint density at radius 1 is 1.38 bits per heavy atom. The summed E-state index contributed by atoms with van der Waals surface area (Å²) in [5, 5.41) is 10.1. The molecule has 0 saturated carbocycles. The van der Waals surface area contributed by atoms with Gasteiger partial charge in [0.2, 0.25) is 0 Å². The first-order chi connectivity index (χ1) is 7.81. The fourth-order valence-electron chi connectivity index (χ4n) is 1.45. The van der Waals surface area contributed by atoms with Crippen LogP contribution in [0.2, 0.25) is 0 Å². The molecular weight excluding hydrogens is 207 g/mol. The van der Waals surface area contributed by atoms with Gasteiger partial charge in [0.15, 0.2) is 0 Å². The van der Waals surface area contributed by atoms with Gasteiger partial charge in [0.25, 0.3) is 0 Å². The van der Waals surface area contributed by atoms with E-state index >= 15 is 0 Å². The van der Waals surface area contributed by atoms with Crippen LogP contribution in [0.1, 0.15) is 12.5 Å². The first-order valence-corrected chi connectivity index (χ1v) is 5.16. The highest BCUT2D eigenvalue weighted by Crippen LogP contribution is 2.18. The number of H-pyrrole nitrogens is 1. The van der Waals surface area contributed by atoms with Crippen molar-refractivity contribution in [1.29, 1.82) is 0 Å². The molecule has 0 radical (unpaired) electrons. The molecule has 2 rings (SSSR count). The molecule has 2 heterocycles. The molecule has 5 heteroatoms. The van der Waals surface area contributed by atoms with Gasteiger partial charge in [0.1, 0.15) is 5.82 Å². The molecule has 2 N–H and O–H groups in total. The van der Waals surface area contributed by atoms with Crippen LogP contribution < -0.4 is 5.32 Å². The van der Waals surface area contributed by atoms with Crippen LogP contribution in [0, 0.1) is 5.82 Å². The van der Waals surface area contributed by atoms with E-state index < -0.39 is 0 Å². The molecule has 2 aromatic rings. The average Bonchev–Trinajstić information content (AvgIpc) is 2.75. The fourth-order valence-corrected chi connectivity index (χ4v) is 1.45. The number of aromatic amines is 1. The number of halogens is 1. The first kappa shape index (κ1) is 10.8. The first-order valence-electron chi connectivity index (χ1n) is 5.16. The van der Waals surface area contributed by atoms with Crippen LogP contribution in [0.15, 0.2) is 24.5 Å². The fraction of sp³-hybridized carbons (Fsp3) is 0.273. The lowest BCUT2D eigenvalue weighted by atomic mass is 10.2. The summed E-state index contributed by atoms with van der Waals surface area (Å²) in [6.45, 7) is 3.65. The smallest absolute Gasteiger partial charge is 0.141 e. The molecule has 84 valence electrons. The van der Waals surface area contributed by atoms with Crippen LogP contribution in [0.25, 0.3) is 11.4 Å². The van der Waals surface area contributed by atoms with Gasteiger partial charge < -0.3 is 5.32 Å². The SMILES string of the molecule is CCNCc1cn[nH]c1-c1ccc(F)cn1. The largest absolute Gasteiger partial charge is 0.313 e. The Kier molecular flexibility index (Phi) is 3.26. The topological polar surface area (TPSA) is 53.6 Å². The van der Waals surface area contributed by atoms with E-state index in [2.05, 4.69) is 20.5 Å². The van der Waals surface area contributed by atoms with E-state index in [4.69, 9.17) is 0 Å². The third-order valence-corrected chi connectivity index (χ3v) is 2.27. The second kappa shape index (κ2) is 4.85. The Balaban J connectivity index is 2.26. The van der Waals surface area contributed by atoms with Crippen molar-refractivity contribution in [2.24, 2.45) is 0 Å². The summed E-state index contributed by atoms with van der Waals surface area (Å²) in [7, 11) is 0. The number of hydrogen-bond acceptors (Lipinski definition) is 3. The standard InChI is InChI=1S/C11H13FN4/c1-2-13-5-8-6-15-16-11(8)10-4-3-9(12)7-14-10/h3-4,6-7,13H,2,5H2,1H3,(H,15,16). The number of aromatic nitrogens is 3. The van der Waals surface area contributed by atoms with Gasteiger partial charge in [0.05, 0.1) is 23.8 Å². The predicted octanol–water partition coefficient (Wildman–Crippen LogP) is 1.72. The highest BCUT2D eigenvalue weighted by Gasteiger charge is 2.08. The van der Waals surface area contributed by atoms with Gasteiger partial charge in [0, 0.05) is 12.1 Å². The summed E-state index contributed by atoms with van der Waals surface area (Å²) in [6.07, 6.45) is 2.95. The third-order valence-electron chi connectivity index (χ3n) is 2.27. The minimum Gasteiger partial charge on any atom is -0.313 e. The lowest BCUT2D eigenvalue weighted by Gasteiger charge is -2.02. The summed E-state index contributed by atoms with van der Waals surface area (Å²) in [5.41, 5.74) is 2.56. The zero-order valence-corrected chi connectivity index (χ0v) is 9.00. The van der Waals surface area contributed by atoms with E-state index in [0.29, 0.717) is 5.69 Å². The normalized spacial score (nSPS) is 10.6. The Bertz CT molecular complexity index is 449. The van der Waals surface area contributed by atoms with Gasteiger partial charge in [-0.1, -0.05) is 6.92 Å². The summed E-state index contributed by atoms with van der Waals surface area (Å²) < 4.78 is 12.7. The minimum absolute atomic E-state index is 0.337.